The number of piperidine rings is 1. The zero-order valence-corrected chi connectivity index (χ0v) is 21.5. The molecule has 4 rings (SSSR count). The molecule has 1 heterocycles. The van der Waals surface area contributed by atoms with Gasteiger partial charge in [-0.3, -0.25) is 4.79 Å². The summed E-state index contributed by atoms with van der Waals surface area (Å²) >= 11 is 0. The van der Waals surface area contributed by atoms with Crippen LogP contribution < -0.4 is 14.9 Å². The third-order valence-electron chi connectivity index (χ3n) is 6.63. The van der Waals surface area contributed by atoms with Gasteiger partial charge in [0.15, 0.2) is 0 Å². The van der Waals surface area contributed by atoms with E-state index < -0.39 is 21.5 Å². The number of hydrogen-bond acceptors (Lipinski definition) is 6. The minimum atomic E-state index is -3.75. The van der Waals surface area contributed by atoms with E-state index in [9.17, 15) is 18.0 Å². The number of ether oxygens (including phenoxy) is 1. The lowest BCUT2D eigenvalue weighted by Crippen LogP contribution is -2.40. The molecule has 0 radical (unpaired) electrons. The number of nitrogens with one attached hydrogen (secondary N) is 2. The molecule has 2 aliphatic rings. The molecule has 2 aromatic rings. The van der Waals surface area contributed by atoms with Crippen molar-refractivity contribution in [2.45, 2.75) is 56.9 Å². The summed E-state index contributed by atoms with van der Waals surface area (Å²) in [5, 5.41) is 2.83. The zero-order chi connectivity index (χ0) is 25.4. The average Bonchev–Trinajstić information content (AvgIpc) is 3.56. The molecule has 0 bridgehead atoms. The number of rotatable bonds is 6. The van der Waals surface area contributed by atoms with Gasteiger partial charge in [-0.1, -0.05) is 6.07 Å². The predicted octanol–water partition coefficient (Wildman–Crippen LogP) is 4.18. The van der Waals surface area contributed by atoms with Gasteiger partial charge < -0.3 is 15.0 Å². The molecule has 9 heteroatoms. The molecule has 1 aliphatic heterocycles. The van der Waals surface area contributed by atoms with Crippen molar-refractivity contribution in [1.82, 2.24) is 4.72 Å². The van der Waals surface area contributed by atoms with E-state index in [4.69, 9.17) is 4.74 Å². The highest BCUT2D eigenvalue weighted by Gasteiger charge is 2.44. The number of anilines is 2. The molecular weight excluding hydrogens is 466 g/mol. The summed E-state index contributed by atoms with van der Waals surface area (Å²) in [4.78, 5) is 27.7. The molecule has 1 saturated carbocycles. The topological polar surface area (TPSA) is 105 Å². The third kappa shape index (κ3) is 5.85. The van der Waals surface area contributed by atoms with Crippen LogP contribution in [0.25, 0.3) is 0 Å². The summed E-state index contributed by atoms with van der Waals surface area (Å²) < 4.78 is 33.0. The molecule has 0 unspecified atom stereocenters. The van der Waals surface area contributed by atoms with E-state index in [2.05, 4.69) is 14.9 Å². The van der Waals surface area contributed by atoms with Gasteiger partial charge in [0.1, 0.15) is 0 Å². The number of nitrogens with zero attached hydrogens (tertiary/aromatic N) is 1. The highest BCUT2D eigenvalue weighted by atomic mass is 32.2. The Morgan fingerprint density at radius 2 is 1.69 bits per heavy atom. The van der Waals surface area contributed by atoms with Gasteiger partial charge in [0.05, 0.1) is 28.8 Å². The number of carbonyl (C=O) groups is 2. The van der Waals surface area contributed by atoms with Crippen LogP contribution in [0.4, 0.5) is 11.4 Å². The van der Waals surface area contributed by atoms with E-state index in [0.717, 1.165) is 25.9 Å². The summed E-state index contributed by atoms with van der Waals surface area (Å²) in [6.45, 7) is 6.93. The number of hydrogen-bond donors (Lipinski definition) is 2. The fourth-order valence-electron chi connectivity index (χ4n) is 4.53. The molecule has 0 aromatic heterocycles. The number of amides is 1. The molecule has 2 N–H and O–H groups in total. The van der Waals surface area contributed by atoms with Crippen LogP contribution in [0.2, 0.25) is 0 Å². The van der Waals surface area contributed by atoms with Crippen LogP contribution in [0.5, 0.6) is 0 Å². The molecule has 8 nitrogen and oxygen atoms in total. The lowest BCUT2D eigenvalue weighted by Gasteiger charge is -2.35. The van der Waals surface area contributed by atoms with Crippen molar-refractivity contribution in [2.24, 2.45) is 5.41 Å². The van der Waals surface area contributed by atoms with Crippen LogP contribution in [0, 0.1) is 5.41 Å². The van der Waals surface area contributed by atoms with Crippen molar-refractivity contribution in [2.75, 3.05) is 30.4 Å². The molecule has 188 valence electrons. The Kier molecular flexibility index (Phi) is 6.68. The maximum absolute atomic E-state index is 13.3. The van der Waals surface area contributed by atoms with E-state index in [1.165, 1.54) is 32.1 Å². The first kappa shape index (κ1) is 25.2. The Balaban J connectivity index is 1.60. The number of benzene rings is 2. The van der Waals surface area contributed by atoms with Gasteiger partial charge in [-0.25, -0.2) is 17.9 Å². The van der Waals surface area contributed by atoms with E-state index in [1.54, 1.807) is 51.1 Å². The van der Waals surface area contributed by atoms with Crippen LogP contribution in [0.3, 0.4) is 0 Å². The molecule has 1 aliphatic carbocycles. The van der Waals surface area contributed by atoms with E-state index in [0.29, 0.717) is 27.9 Å². The largest absolute Gasteiger partial charge is 0.465 e. The van der Waals surface area contributed by atoms with Crippen molar-refractivity contribution in [3.63, 3.8) is 0 Å². The van der Waals surface area contributed by atoms with Crippen molar-refractivity contribution in [3.8, 4) is 0 Å². The van der Waals surface area contributed by atoms with Crippen molar-refractivity contribution < 1.29 is 22.7 Å². The second-order valence-corrected chi connectivity index (χ2v) is 12.2. The number of sulfonamides is 1. The zero-order valence-electron chi connectivity index (χ0n) is 20.7. The fourth-order valence-corrected chi connectivity index (χ4v) is 5.99. The first-order chi connectivity index (χ1) is 16.4. The molecule has 1 saturated heterocycles. The smallest absolute Gasteiger partial charge is 0.337 e. The minimum Gasteiger partial charge on any atom is -0.465 e. The van der Waals surface area contributed by atoms with Crippen LogP contribution in [0.1, 0.15) is 67.2 Å². The highest BCUT2D eigenvalue weighted by molar-refractivity contribution is 7.89. The molecule has 1 spiro atoms. The maximum atomic E-state index is 13.3. The van der Waals surface area contributed by atoms with E-state index in [-0.39, 0.29) is 10.8 Å². The molecule has 0 atom stereocenters. The van der Waals surface area contributed by atoms with Gasteiger partial charge in [0.2, 0.25) is 10.0 Å². The van der Waals surface area contributed by atoms with Crippen LogP contribution in [-0.2, 0) is 14.8 Å². The Labute approximate surface area is 207 Å². The Morgan fingerprint density at radius 3 is 2.29 bits per heavy atom. The summed E-state index contributed by atoms with van der Waals surface area (Å²) in [6, 6.07) is 11.1. The molecule has 1 amide bonds. The predicted molar refractivity (Wildman–Crippen MR) is 135 cm³/mol. The third-order valence-corrected chi connectivity index (χ3v) is 8.38. The summed E-state index contributed by atoms with van der Waals surface area (Å²) in [6.07, 6.45) is 4.66. The highest BCUT2D eigenvalue weighted by Crippen LogP contribution is 2.54. The number of methoxy groups -OCH3 is 1. The summed E-state index contributed by atoms with van der Waals surface area (Å²) in [7, 11) is -2.42. The van der Waals surface area contributed by atoms with Gasteiger partial charge in [0.25, 0.3) is 5.91 Å². The van der Waals surface area contributed by atoms with Gasteiger partial charge in [-0.05, 0) is 88.3 Å². The molecular formula is C26H33N3O5S. The fraction of sp³-hybridized carbons (Fsp3) is 0.462. The number of carbonyl (C=O) groups excluding carboxylic acids is 2. The Bertz CT molecular complexity index is 1240. The Hall–Kier alpha value is -2.91. The SMILES string of the molecule is COC(=O)c1ccc(C(=O)Nc2cccc(S(=O)(=O)NC(C)(C)C)c2)c(N2CCC3(CC2)CC3)c1. The Morgan fingerprint density at radius 1 is 1.00 bits per heavy atom. The van der Waals surface area contributed by atoms with Gasteiger partial charge in [0, 0.05) is 24.3 Å². The lowest BCUT2D eigenvalue weighted by atomic mass is 9.92. The van der Waals surface area contributed by atoms with Crippen molar-refractivity contribution in [3.05, 3.63) is 53.6 Å². The van der Waals surface area contributed by atoms with Gasteiger partial charge >= 0.3 is 5.97 Å². The first-order valence-electron chi connectivity index (χ1n) is 11.8. The standard InChI is InChI=1S/C26H33N3O5S/c1-25(2,3)28-35(32,33)20-7-5-6-19(17-20)27-23(30)21-9-8-18(24(31)34-4)16-22(21)29-14-12-26(10-11-26)13-15-29/h5-9,16-17,28H,10-15H2,1-4H3,(H,27,30). The van der Waals surface area contributed by atoms with Crippen LogP contribution >= 0.6 is 0 Å². The normalized spacial score (nSPS) is 17.2. The molecule has 2 aromatic carbocycles. The lowest BCUT2D eigenvalue weighted by molar-refractivity contribution is 0.0600. The van der Waals surface area contributed by atoms with Crippen LogP contribution in [-0.4, -0.2) is 46.0 Å². The quantitative estimate of drug-likeness (QED) is 0.578. The summed E-state index contributed by atoms with van der Waals surface area (Å²) in [5.74, 6) is -0.834. The van der Waals surface area contributed by atoms with E-state index in [1.807, 2.05) is 0 Å². The average molecular weight is 500 g/mol. The number of esters is 1. The second-order valence-electron chi connectivity index (χ2n) is 10.5. The second kappa shape index (κ2) is 9.28. The minimum absolute atomic E-state index is 0.0669. The van der Waals surface area contributed by atoms with Crippen molar-refractivity contribution >= 4 is 33.3 Å². The van der Waals surface area contributed by atoms with Gasteiger partial charge in [-0.15, -0.1) is 0 Å². The maximum Gasteiger partial charge on any atom is 0.337 e. The van der Waals surface area contributed by atoms with E-state index >= 15 is 0 Å². The van der Waals surface area contributed by atoms with Gasteiger partial charge in [-0.2, -0.15) is 0 Å². The molecule has 35 heavy (non-hydrogen) atoms. The van der Waals surface area contributed by atoms with Crippen LogP contribution in [0.15, 0.2) is 47.4 Å². The first-order valence-corrected chi connectivity index (χ1v) is 13.3. The summed E-state index contributed by atoms with van der Waals surface area (Å²) in [5.41, 5.74) is 1.68. The molecule has 2 fully saturated rings. The monoisotopic (exact) mass is 499 g/mol. The van der Waals surface area contributed by atoms with Crippen molar-refractivity contribution in [1.29, 1.82) is 0 Å².